The second-order valence-corrected chi connectivity index (χ2v) is 9.37. The summed E-state index contributed by atoms with van der Waals surface area (Å²) >= 11 is 1.49. The number of aryl methyl sites for hydroxylation is 1. The third-order valence-electron chi connectivity index (χ3n) is 6.22. The minimum absolute atomic E-state index is 0.111. The number of piperazine rings is 1. The van der Waals surface area contributed by atoms with Gasteiger partial charge in [0.15, 0.2) is 0 Å². The van der Waals surface area contributed by atoms with E-state index in [1.807, 2.05) is 28.0 Å². The number of aromatic amines is 1. The Bertz CT molecular complexity index is 1130. The van der Waals surface area contributed by atoms with Gasteiger partial charge in [-0.05, 0) is 31.9 Å². The first-order valence-electron chi connectivity index (χ1n) is 11.4. The summed E-state index contributed by atoms with van der Waals surface area (Å²) in [6, 6.07) is 6.01. The third-order valence-corrected chi connectivity index (χ3v) is 7.22. The van der Waals surface area contributed by atoms with Gasteiger partial charge < -0.3 is 14.7 Å². The van der Waals surface area contributed by atoms with Crippen molar-refractivity contribution >= 4 is 35.0 Å². The van der Waals surface area contributed by atoms with Crippen LogP contribution in [0.5, 0.6) is 0 Å². The Morgan fingerprint density at radius 1 is 1.06 bits per heavy atom. The minimum atomic E-state index is -0.320. The van der Waals surface area contributed by atoms with Gasteiger partial charge in [0, 0.05) is 56.8 Å². The van der Waals surface area contributed by atoms with Crippen LogP contribution in [0.3, 0.4) is 0 Å². The molecule has 0 aromatic carbocycles. The smallest absolute Gasteiger partial charge is 0.320 e. The molecule has 5 rings (SSSR count). The van der Waals surface area contributed by atoms with Crippen molar-refractivity contribution in [3.63, 3.8) is 0 Å². The molecule has 11 nitrogen and oxygen atoms in total. The van der Waals surface area contributed by atoms with E-state index in [1.165, 1.54) is 11.3 Å². The van der Waals surface area contributed by atoms with Crippen LogP contribution in [0.1, 0.15) is 40.1 Å². The first kappa shape index (κ1) is 22.3. The van der Waals surface area contributed by atoms with E-state index in [0.717, 1.165) is 36.8 Å². The monoisotopic (exact) mass is 481 g/mol. The third kappa shape index (κ3) is 4.86. The number of anilines is 2. The van der Waals surface area contributed by atoms with Gasteiger partial charge >= 0.3 is 6.03 Å². The number of amides is 3. The number of pyridine rings is 1. The highest BCUT2D eigenvalue weighted by atomic mass is 32.1. The average Bonchev–Trinajstić information content (AvgIpc) is 3.54. The minimum Gasteiger partial charge on any atom is -0.353 e. The average molecular weight is 482 g/mol. The van der Waals surface area contributed by atoms with E-state index in [9.17, 15) is 9.59 Å². The lowest BCUT2D eigenvalue weighted by Gasteiger charge is -2.39. The van der Waals surface area contributed by atoms with Crippen LogP contribution in [0.25, 0.3) is 0 Å². The standard InChI is InChI=1S/C22H27N9O2S/c1-15-24-21(28-27-15)26-19(32)17-14-34-20(25-17)16-5-8-30(9-6-16)22(33)31-12-10-29(11-13-31)18-4-2-3-7-23-18/h2-4,7,14,16H,5-6,8-13H2,1H3,(H2,24,26,27,28,32). The highest BCUT2D eigenvalue weighted by Crippen LogP contribution is 2.31. The summed E-state index contributed by atoms with van der Waals surface area (Å²) in [5.41, 5.74) is 0.367. The fourth-order valence-corrected chi connectivity index (χ4v) is 5.30. The van der Waals surface area contributed by atoms with Gasteiger partial charge in [0.1, 0.15) is 17.3 Å². The number of thiazole rings is 1. The molecule has 2 N–H and O–H groups in total. The van der Waals surface area contributed by atoms with E-state index in [4.69, 9.17) is 0 Å². The summed E-state index contributed by atoms with van der Waals surface area (Å²) < 4.78 is 0. The number of carbonyl (C=O) groups is 2. The fraction of sp³-hybridized carbons (Fsp3) is 0.455. The maximum atomic E-state index is 13.0. The van der Waals surface area contributed by atoms with Gasteiger partial charge in [-0.25, -0.2) is 14.8 Å². The van der Waals surface area contributed by atoms with Crippen molar-refractivity contribution in [2.75, 3.05) is 49.5 Å². The first-order chi connectivity index (χ1) is 16.6. The number of hydrogen-bond donors (Lipinski definition) is 2. The fourth-order valence-electron chi connectivity index (χ4n) is 4.33. The number of H-pyrrole nitrogens is 1. The molecule has 2 saturated heterocycles. The van der Waals surface area contributed by atoms with E-state index < -0.39 is 0 Å². The Kier molecular flexibility index (Phi) is 6.39. The number of nitrogens with one attached hydrogen (secondary N) is 2. The van der Waals surface area contributed by atoms with Gasteiger partial charge in [-0.3, -0.25) is 15.2 Å². The second-order valence-electron chi connectivity index (χ2n) is 8.48. The van der Waals surface area contributed by atoms with Gasteiger partial charge in [-0.2, -0.15) is 4.98 Å². The zero-order valence-electron chi connectivity index (χ0n) is 19.0. The van der Waals surface area contributed by atoms with E-state index in [0.29, 0.717) is 37.7 Å². The zero-order valence-corrected chi connectivity index (χ0v) is 19.8. The van der Waals surface area contributed by atoms with Crippen LogP contribution in [0.4, 0.5) is 16.6 Å². The lowest BCUT2D eigenvalue weighted by atomic mass is 9.98. The molecule has 0 saturated carbocycles. The molecular formula is C22H27N9O2S. The Balaban J connectivity index is 1.10. The number of nitrogens with zero attached hydrogens (tertiary/aromatic N) is 7. The van der Waals surface area contributed by atoms with Gasteiger partial charge in [0.2, 0.25) is 5.95 Å². The molecule has 3 aromatic rings. The molecule has 0 radical (unpaired) electrons. The predicted molar refractivity (Wildman–Crippen MR) is 128 cm³/mol. The molecule has 178 valence electrons. The molecule has 0 aliphatic carbocycles. The van der Waals surface area contributed by atoms with Gasteiger partial charge in [0.25, 0.3) is 5.91 Å². The van der Waals surface area contributed by atoms with E-state index >= 15 is 0 Å². The highest BCUT2D eigenvalue weighted by Gasteiger charge is 2.30. The largest absolute Gasteiger partial charge is 0.353 e. The SMILES string of the molecule is Cc1nc(NC(=O)c2csc(C3CCN(C(=O)N4CCN(c5ccccn5)CC4)CC3)n2)n[nH]1. The van der Waals surface area contributed by atoms with Crippen molar-refractivity contribution < 1.29 is 9.59 Å². The van der Waals surface area contributed by atoms with Gasteiger partial charge in [-0.1, -0.05) is 6.07 Å². The van der Waals surface area contributed by atoms with Crippen molar-refractivity contribution in [2.24, 2.45) is 0 Å². The molecule has 2 aliphatic rings. The topological polar surface area (TPSA) is 123 Å². The summed E-state index contributed by atoms with van der Waals surface area (Å²) in [7, 11) is 0. The molecule has 12 heteroatoms. The molecule has 2 fully saturated rings. The first-order valence-corrected chi connectivity index (χ1v) is 12.3. The quantitative estimate of drug-likeness (QED) is 0.586. The summed E-state index contributed by atoms with van der Waals surface area (Å²) in [5, 5.41) is 12.0. The molecular weight excluding hydrogens is 454 g/mol. The number of carbonyl (C=O) groups excluding carboxylic acids is 2. The number of likely N-dealkylation sites (tertiary alicyclic amines) is 1. The maximum absolute atomic E-state index is 13.0. The summed E-state index contributed by atoms with van der Waals surface area (Å²) in [5.74, 6) is 1.76. The molecule has 0 spiro atoms. The lowest BCUT2D eigenvalue weighted by Crippen LogP contribution is -2.54. The van der Waals surface area contributed by atoms with E-state index in [2.05, 4.69) is 35.4 Å². The molecule has 3 aromatic heterocycles. The Morgan fingerprint density at radius 2 is 1.82 bits per heavy atom. The van der Waals surface area contributed by atoms with E-state index in [-0.39, 0.29) is 23.8 Å². The van der Waals surface area contributed by atoms with E-state index in [1.54, 1.807) is 18.5 Å². The Morgan fingerprint density at radius 3 is 2.50 bits per heavy atom. The van der Waals surface area contributed by atoms with Crippen LogP contribution >= 0.6 is 11.3 Å². The van der Waals surface area contributed by atoms with Crippen molar-refractivity contribution in [3.05, 3.63) is 46.3 Å². The highest BCUT2D eigenvalue weighted by molar-refractivity contribution is 7.10. The van der Waals surface area contributed by atoms with Crippen molar-refractivity contribution in [1.82, 2.24) is 34.9 Å². The number of rotatable bonds is 4. The second kappa shape index (κ2) is 9.75. The summed E-state index contributed by atoms with van der Waals surface area (Å²) in [6.07, 6.45) is 3.48. The molecule has 5 heterocycles. The lowest BCUT2D eigenvalue weighted by molar-refractivity contribution is 0.102. The van der Waals surface area contributed by atoms with Crippen LogP contribution in [0.15, 0.2) is 29.8 Å². The van der Waals surface area contributed by atoms with Crippen LogP contribution in [0.2, 0.25) is 0 Å². The molecule has 2 aliphatic heterocycles. The molecule has 0 bridgehead atoms. The maximum Gasteiger partial charge on any atom is 0.320 e. The van der Waals surface area contributed by atoms with Crippen LogP contribution < -0.4 is 10.2 Å². The van der Waals surface area contributed by atoms with Crippen LogP contribution in [-0.2, 0) is 0 Å². The molecule has 0 atom stereocenters. The van der Waals surface area contributed by atoms with Gasteiger partial charge in [-0.15, -0.1) is 16.4 Å². The number of piperidine rings is 1. The van der Waals surface area contributed by atoms with Crippen molar-refractivity contribution in [1.29, 1.82) is 0 Å². The Labute approximate surface area is 201 Å². The van der Waals surface area contributed by atoms with Crippen molar-refractivity contribution in [3.8, 4) is 0 Å². The van der Waals surface area contributed by atoms with Gasteiger partial charge in [0.05, 0.1) is 5.01 Å². The molecule has 0 unspecified atom stereocenters. The van der Waals surface area contributed by atoms with Crippen LogP contribution in [0, 0.1) is 6.92 Å². The molecule has 3 amide bonds. The number of aromatic nitrogens is 5. The summed E-state index contributed by atoms with van der Waals surface area (Å²) in [4.78, 5) is 44.6. The number of urea groups is 1. The number of hydrogen-bond acceptors (Lipinski definition) is 8. The zero-order chi connectivity index (χ0) is 23.5. The van der Waals surface area contributed by atoms with Crippen LogP contribution in [-0.4, -0.2) is 86.2 Å². The molecule has 34 heavy (non-hydrogen) atoms. The normalized spacial score (nSPS) is 17.1. The Hall–Kier alpha value is -3.54. The summed E-state index contributed by atoms with van der Waals surface area (Å²) in [6.45, 7) is 6.13. The predicted octanol–water partition coefficient (Wildman–Crippen LogP) is 2.34. The van der Waals surface area contributed by atoms with Crippen molar-refractivity contribution in [2.45, 2.75) is 25.7 Å².